The Morgan fingerprint density at radius 2 is 1.78 bits per heavy atom. The maximum atomic E-state index is 13.2. The average molecular weight is 358 g/mol. The highest BCUT2D eigenvalue weighted by atomic mass is 35.5. The van der Waals surface area contributed by atoms with Crippen molar-refractivity contribution >= 4 is 27.3 Å². The maximum absolute atomic E-state index is 13.2. The summed E-state index contributed by atoms with van der Waals surface area (Å²) < 4.78 is 25.1. The summed E-state index contributed by atoms with van der Waals surface area (Å²) in [5.41, 5.74) is 0. The molecule has 128 valence electrons. The van der Waals surface area contributed by atoms with E-state index in [0.717, 1.165) is 25.7 Å². The smallest absolute Gasteiger partial charge is 0.244 e. The van der Waals surface area contributed by atoms with Gasteiger partial charge in [0.25, 0.3) is 0 Å². The molecule has 0 heterocycles. The van der Waals surface area contributed by atoms with E-state index < -0.39 is 14.6 Å². The number of hydrogen-bond acceptors (Lipinski definition) is 3. The number of amides is 1. The van der Waals surface area contributed by atoms with Gasteiger partial charge in [0, 0.05) is 18.6 Å². The first kappa shape index (κ1) is 18.3. The summed E-state index contributed by atoms with van der Waals surface area (Å²) in [6.07, 6.45) is 4.16. The van der Waals surface area contributed by atoms with Gasteiger partial charge in [-0.05, 0) is 43.5 Å². The van der Waals surface area contributed by atoms with Gasteiger partial charge in [-0.15, -0.1) is 0 Å². The van der Waals surface area contributed by atoms with Crippen LogP contribution < -0.4 is 0 Å². The van der Waals surface area contributed by atoms with Crippen molar-refractivity contribution in [3.63, 3.8) is 0 Å². The third-order valence-corrected chi connectivity index (χ3v) is 7.39. The third-order valence-electron chi connectivity index (χ3n) is 4.63. The molecule has 6 heteroatoms. The SMILES string of the molecule is CCCCN(C)C(=O)C1(S(=O)(=O)c2ccc(Cl)cc2)CCCC1. The predicted molar refractivity (Wildman–Crippen MR) is 92.4 cm³/mol. The van der Waals surface area contributed by atoms with E-state index in [4.69, 9.17) is 11.6 Å². The fourth-order valence-electron chi connectivity index (χ4n) is 3.23. The molecule has 4 nitrogen and oxygen atoms in total. The molecular formula is C17H24ClNO3S. The number of benzene rings is 1. The van der Waals surface area contributed by atoms with E-state index in [1.54, 1.807) is 24.1 Å². The Morgan fingerprint density at radius 3 is 2.30 bits per heavy atom. The second-order valence-corrected chi connectivity index (χ2v) is 8.94. The summed E-state index contributed by atoms with van der Waals surface area (Å²) >= 11 is 5.86. The molecule has 1 aromatic rings. The van der Waals surface area contributed by atoms with E-state index in [2.05, 4.69) is 0 Å². The van der Waals surface area contributed by atoms with E-state index in [0.29, 0.717) is 24.4 Å². The lowest BCUT2D eigenvalue weighted by molar-refractivity contribution is -0.132. The summed E-state index contributed by atoms with van der Waals surface area (Å²) in [4.78, 5) is 14.7. The van der Waals surface area contributed by atoms with Gasteiger partial charge in [-0.2, -0.15) is 0 Å². The van der Waals surface area contributed by atoms with Crippen LogP contribution in [0, 0.1) is 0 Å². The van der Waals surface area contributed by atoms with Gasteiger partial charge in [-0.25, -0.2) is 8.42 Å². The summed E-state index contributed by atoms with van der Waals surface area (Å²) in [7, 11) is -2.03. The maximum Gasteiger partial charge on any atom is 0.244 e. The van der Waals surface area contributed by atoms with Crippen molar-refractivity contribution in [1.29, 1.82) is 0 Å². The minimum atomic E-state index is -3.74. The minimum Gasteiger partial charge on any atom is -0.344 e. The van der Waals surface area contributed by atoms with Crippen LogP contribution in [0.4, 0.5) is 0 Å². The van der Waals surface area contributed by atoms with E-state index in [-0.39, 0.29) is 10.8 Å². The largest absolute Gasteiger partial charge is 0.344 e. The molecule has 1 aliphatic rings. The topological polar surface area (TPSA) is 54.5 Å². The number of rotatable bonds is 6. The first-order valence-electron chi connectivity index (χ1n) is 8.11. The fraction of sp³-hybridized carbons (Fsp3) is 0.588. The lowest BCUT2D eigenvalue weighted by Gasteiger charge is -2.32. The molecule has 23 heavy (non-hydrogen) atoms. The molecule has 0 radical (unpaired) electrons. The molecule has 0 bridgehead atoms. The van der Waals surface area contributed by atoms with Crippen molar-refractivity contribution in [2.24, 2.45) is 0 Å². The summed E-state index contributed by atoms with van der Waals surface area (Å²) in [6, 6.07) is 6.11. The van der Waals surface area contributed by atoms with Crippen molar-refractivity contribution in [2.45, 2.75) is 55.1 Å². The summed E-state index contributed by atoms with van der Waals surface area (Å²) in [6.45, 7) is 2.64. The van der Waals surface area contributed by atoms with E-state index in [1.165, 1.54) is 12.1 Å². The van der Waals surface area contributed by atoms with Crippen molar-refractivity contribution in [3.8, 4) is 0 Å². The Kier molecular flexibility index (Phi) is 5.74. The molecule has 0 unspecified atom stereocenters. The quantitative estimate of drug-likeness (QED) is 0.780. The van der Waals surface area contributed by atoms with Gasteiger partial charge in [0.15, 0.2) is 14.6 Å². The molecule has 1 fully saturated rings. The molecule has 2 rings (SSSR count). The Bertz CT molecular complexity index is 649. The molecule has 0 aliphatic heterocycles. The van der Waals surface area contributed by atoms with Crippen LogP contribution in [0.5, 0.6) is 0 Å². The van der Waals surface area contributed by atoms with Gasteiger partial charge in [-0.3, -0.25) is 4.79 Å². The minimum absolute atomic E-state index is 0.182. The predicted octanol–water partition coefficient (Wildman–Crippen LogP) is 3.69. The Hall–Kier alpha value is -1.07. The Labute approximate surface area is 143 Å². The number of nitrogens with zero attached hydrogens (tertiary/aromatic N) is 1. The van der Waals surface area contributed by atoms with Crippen LogP contribution in [0.1, 0.15) is 45.4 Å². The number of carbonyl (C=O) groups is 1. The molecule has 0 N–H and O–H groups in total. The molecular weight excluding hydrogens is 334 g/mol. The average Bonchev–Trinajstić information content (AvgIpc) is 3.03. The third kappa shape index (κ3) is 3.41. The van der Waals surface area contributed by atoms with Crippen molar-refractivity contribution < 1.29 is 13.2 Å². The van der Waals surface area contributed by atoms with Crippen molar-refractivity contribution in [2.75, 3.05) is 13.6 Å². The lowest BCUT2D eigenvalue weighted by Crippen LogP contribution is -2.51. The van der Waals surface area contributed by atoms with Crippen molar-refractivity contribution in [3.05, 3.63) is 29.3 Å². The molecule has 0 saturated heterocycles. The van der Waals surface area contributed by atoms with Gasteiger partial charge in [-0.1, -0.05) is 37.8 Å². The van der Waals surface area contributed by atoms with Crippen LogP contribution in [0.15, 0.2) is 29.2 Å². The number of unbranched alkanes of at least 4 members (excludes halogenated alkanes) is 1. The fourth-order valence-corrected chi connectivity index (χ4v) is 5.51. The molecule has 0 spiro atoms. The zero-order valence-electron chi connectivity index (χ0n) is 13.7. The van der Waals surface area contributed by atoms with Crippen LogP contribution in [-0.2, 0) is 14.6 Å². The van der Waals surface area contributed by atoms with Gasteiger partial charge in [0.1, 0.15) is 0 Å². The van der Waals surface area contributed by atoms with Gasteiger partial charge in [0.05, 0.1) is 4.90 Å². The highest BCUT2D eigenvalue weighted by Crippen LogP contribution is 2.42. The summed E-state index contributed by atoms with van der Waals surface area (Å²) in [5.74, 6) is -0.265. The summed E-state index contributed by atoms with van der Waals surface area (Å²) in [5, 5.41) is 0.482. The van der Waals surface area contributed by atoms with Gasteiger partial charge in [0.2, 0.25) is 5.91 Å². The van der Waals surface area contributed by atoms with Crippen LogP contribution in [0.25, 0.3) is 0 Å². The van der Waals surface area contributed by atoms with Crippen molar-refractivity contribution in [1.82, 2.24) is 4.90 Å². The Balaban J connectivity index is 2.40. The first-order chi connectivity index (χ1) is 10.8. The second kappa shape index (κ2) is 7.22. The zero-order valence-corrected chi connectivity index (χ0v) is 15.3. The van der Waals surface area contributed by atoms with E-state index in [1.807, 2.05) is 6.92 Å². The Morgan fingerprint density at radius 1 is 1.22 bits per heavy atom. The normalized spacial score (nSPS) is 17.2. The highest BCUT2D eigenvalue weighted by molar-refractivity contribution is 7.93. The molecule has 1 amide bonds. The van der Waals surface area contributed by atoms with Crippen LogP contribution >= 0.6 is 11.6 Å². The van der Waals surface area contributed by atoms with Gasteiger partial charge < -0.3 is 4.90 Å². The van der Waals surface area contributed by atoms with Gasteiger partial charge >= 0.3 is 0 Å². The highest BCUT2D eigenvalue weighted by Gasteiger charge is 2.53. The number of sulfone groups is 1. The monoisotopic (exact) mass is 357 g/mol. The molecule has 1 saturated carbocycles. The lowest BCUT2D eigenvalue weighted by atomic mass is 10.1. The van der Waals surface area contributed by atoms with E-state index >= 15 is 0 Å². The second-order valence-electron chi connectivity index (χ2n) is 6.24. The first-order valence-corrected chi connectivity index (χ1v) is 9.97. The standard InChI is InChI=1S/C17H24ClNO3S/c1-3-4-13-19(2)16(20)17(11-5-6-12-17)23(21,22)15-9-7-14(18)8-10-15/h7-10H,3-6,11-13H2,1-2H3. The molecule has 0 atom stereocenters. The number of halogens is 1. The van der Waals surface area contributed by atoms with E-state index in [9.17, 15) is 13.2 Å². The number of hydrogen-bond donors (Lipinski definition) is 0. The van der Waals surface area contributed by atoms with Crippen LogP contribution in [-0.4, -0.2) is 37.6 Å². The van der Waals surface area contributed by atoms with Crippen LogP contribution in [0.2, 0.25) is 5.02 Å². The zero-order chi connectivity index (χ0) is 17.1. The molecule has 1 aromatic carbocycles. The number of carbonyl (C=O) groups excluding carboxylic acids is 1. The van der Waals surface area contributed by atoms with Crippen LogP contribution in [0.3, 0.4) is 0 Å². The molecule has 0 aromatic heterocycles. The molecule has 1 aliphatic carbocycles.